The van der Waals surface area contributed by atoms with Crippen LogP contribution in [0.2, 0.25) is 0 Å². The molecule has 0 bridgehead atoms. The SMILES string of the molecule is Cc1cc(C)c(OC[C@H](O)CO)c(C)c1. The van der Waals surface area contributed by atoms with Crippen LogP contribution in [0.5, 0.6) is 5.75 Å². The van der Waals surface area contributed by atoms with Crippen molar-refractivity contribution >= 4 is 0 Å². The van der Waals surface area contributed by atoms with Gasteiger partial charge in [0.15, 0.2) is 0 Å². The van der Waals surface area contributed by atoms with E-state index in [2.05, 4.69) is 0 Å². The molecule has 1 aromatic rings. The van der Waals surface area contributed by atoms with Gasteiger partial charge in [-0.2, -0.15) is 0 Å². The van der Waals surface area contributed by atoms with Crippen molar-refractivity contribution < 1.29 is 14.9 Å². The number of aliphatic hydroxyl groups is 2. The van der Waals surface area contributed by atoms with Crippen molar-refractivity contribution in [3.63, 3.8) is 0 Å². The summed E-state index contributed by atoms with van der Waals surface area (Å²) in [5.41, 5.74) is 3.30. The molecule has 0 fully saturated rings. The second kappa shape index (κ2) is 5.14. The number of aryl methyl sites for hydroxylation is 3. The van der Waals surface area contributed by atoms with Crippen LogP contribution in [0, 0.1) is 20.8 Å². The van der Waals surface area contributed by atoms with Gasteiger partial charge in [0.1, 0.15) is 18.5 Å². The zero-order chi connectivity index (χ0) is 11.4. The molecule has 0 aliphatic rings. The lowest BCUT2D eigenvalue weighted by Crippen LogP contribution is -2.21. The van der Waals surface area contributed by atoms with Gasteiger partial charge in [-0.1, -0.05) is 17.7 Å². The molecule has 0 spiro atoms. The Hall–Kier alpha value is -1.06. The van der Waals surface area contributed by atoms with Crippen molar-refractivity contribution in [1.29, 1.82) is 0 Å². The lowest BCUT2D eigenvalue weighted by molar-refractivity contribution is 0.0532. The van der Waals surface area contributed by atoms with Crippen LogP contribution in [0.3, 0.4) is 0 Å². The van der Waals surface area contributed by atoms with Gasteiger partial charge in [-0.15, -0.1) is 0 Å². The van der Waals surface area contributed by atoms with Gasteiger partial charge in [0, 0.05) is 0 Å². The van der Waals surface area contributed by atoms with Gasteiger partial charge in [-0.25, -0.2) is 0 Å². The third kappa shape index (κ3) is 3.22. The summed E-state index contributed by atoms with van der Waals surface area (Å²) in [6.45, 7) is 5.83. The molecule has 15 heavy (non-hydrogen) atoms. The maximum absolute atomic E-state index is 9.18. The molecule has 3 nitrogen and oxygen atoms in total. The van der Waals surface area contributed by atoms with Gasteiger partial charge >= 0.3 is 0 Å². The van der Waals surface area contributed by atoms with Gasteiger partial charge in [0.2, 0.25) is 0 Å². The summed E-state index contributed by atoms with van der Waals surface area (Å²) in [7, 11) is 0. The van der Waals surface area contributed by atoms with E-state index in [4.69, 9.17) is 9.84 Å². The molecule has 3 heteroatoms. The minimum atomic E-state index is -0.815. The summed E-state index contributed by atoms with van der Waals surface area (Å²) < 4.78 is 5.47. The predicted molar refractivity (Wildman–Crippen MR) is 59.2 cm³/mol. The van der Waals surface area contributed by atoms with Crippen molar-refractivity contribution in [2.75, 3.05) is 13.2 Å². The minimum absolute atomic E-state index is 0.126. The third-order valence-electron chi connectivity index (χ3n) is 2.24. The second-order valence-electron chi connectivity index (χ2n) is 3.88. The molecule has 0 aliphatic heterocycles. The molecular formula is C12H18O3. The summed E-state index contributed by atoms with van der Waals surface area (Å²) in [6, 6.07) is 4.07. The van der Waals surface area contributed by atoms with Crippen molar-refractivity contribution in [2.45, 2.75) is 26.9 Å². The van der Waals surface area contributed by atoms with Crippen LogP contribution in [0.4, 0.5) is 0 Å². The van der Waals surface area contributed by atoms with E-state index in [1.165, 1.54) is 5.56 Å². The fraction of sp³-hybridized carbons (Fsp3) is 0.500. The molecular weight excluding hydrogens is 192 g/mol. The van der Waals surface area contributed by atoms with Crippen LogP contribution in [-0.4, -0.2) is 29.5 Å². The number of aliphatic hydroxyl groups excluding tert-OH is 2. The largest absolute Gasteiger partial charge is 0.490 e. The number of ether oxygens (including phenoxy) is 1. The maximum Gasteiger partial charge on any atom is 0.125 e. The Morgan fingerprint density at radius 1 is 1.20 bits per heavy atom. The minimum Gasteiger partial charge on any atom is -0.490 e. The number of rotatable bonds is 4. The molecule has 1 rings (SSSR count). The standard InChI is InChI=1S/C12H18O3/c1-8-4-9(2)12(10(3)5-8)15-7-11(14)6-13/h4-5,11,13-14H,6-7H2,1-3H3/t11-/m1/s1. The lowest BCUT2D eigenvalue weighted by Gasteiger charge is -2.14. The molecule has 1 aromatic carbocycles. The van der Waals surface area contributed by atoms with E-state index in [0.717, 1.165) is 16.9 Å². The van der Waals surface area contributed by atoms with E-state index >= 15 is 0 Å². The van der Waals surface area contributed by atoms with E-state index in [-0.39, 0.29) is 13.2 Å². The molecule has 0 saturated heterocycles. The Bertz CT molecular complexity index is 311. The fourth-order valence-electron chi connectivity index (χ4n) is 1.63. The summed E-state index contributed by atoms with van der Waals surface area (Å²) >= 11 is 0. The fourth-order valence-corrected chi connectivity index (χ4v) is 1.63. The van der Waals surface area contributed by atoms with Crippen molar-refractivity contribution in [3.8, 4) is 5.75 Å². The molecule has 0 amide bonds. The Morgan fingerprint density at radius 2 is 1.73 bits per heavy atom. The average Bonchev–Trinajstić information content (AvgIpc) is 2.15. The van der Waals surface area contributed by atoms with E-state index in [0.29, 0.717) is 0 Å². The van der Waals surface area contributed by atoms with Gasteiger partial charge in [0.05, 0.1) is 6.61 Å². The van der Waals surface area contributed by atoms with Gasteiger partial charge in [0.25, 0.3) is 0 Å². The number of hydrogen-bond acceptors (Lipinski definition) is 3. The van der Waals surface area contributed by atoms with Gasteiger partial charge in [-0.05, 0) is 31.9 Å². The van der Waals surface area contributed by atoms with Crippen molar-refractivity contribution in [1.82, 2.24) is 0 Å². The topological polar surface area (TPSA) is 49.7 Å². The highest BCUT2D eigenvalue weighted by molar-refractivity contribution is 5.42. The summed E-state index contributed by atoms with van der Waals surface area (Å²) in [5, 5.41) is 17.8. The lowest BCUT2D eigenvalue weighted by atomic mass is 10.1. The zero-order valence-corrected chi connectivity index (χ0v) is 9.45. The average molecular weight is 210 g/mol. The Morgan fingerprint density at radius 3 is 2.20 bits per heavy atom. The molecule has 84 valence electrons. The first-order chi connectivity index (χ1) is 7.04. The normalized spacial score (nSPS) is 12.6. The number of benzene rings is 1. The molecule has 0 aliphatic carbocycles. The monoisotopic (exact) mass is 210 g/mol. The van der Waals surface area contributed by atoms with Crippen molar-refractivity contribution in [3.05, 3.63) is 28.8 Å². The van der Waals surface area contributed by atoms with Crippen LogP contribution >= 0.6 is 0 Å². The van der Waals surface area contributed by atoms with Gasteiger partial charge < -0.3 is 14.9 Å². The van der Waals surface area contributed by atoms with E-state index in [9.17, 15) is 5.11 Å². The van der Waals surface area contributed by atoms with E-state index < -0.39 is 6.10 Å². The third-order valence-corrected chi connectivity index (χ3v) is 2.24. The Labute approximate surface area is 90.3 Å². The van der Waals surface area contributed by atoms with Crippen LogP contribution in [0.25, 0.3) is 0 Å². The van der Waals surface area contributed by atoms with E-state index in [1.807, 2.05) is 32.9 Å². The summed E-state index contributed by atoms with van der Waals surface area (Å²) in [5.74, 6) is 0.799. The highest BCUT2D eigenvalue weighted by Crippen LogP contribution is 2.24. The first-order valence-corrected chi connectivity index (χ1v) is 5.04. The van der Waals surface area contributed by atoms with Crippen LogP contribution in [0.1, 0.15) is 16.7 Å². The predicted octanol–water partition coefficient (Wildman–Crippen LogP) is 1.34. The number of hydrogen-bond donors (Lipinski definition) is 2. The smallest absolute Gasteiger partial charge is 0.125 e. The molecule has 0 unspecified atom stereocenters. The van der Waals surface area contributed by atoms with Gasteiger partial charge in [-0.3, -0.25) is 0 Å². The summed E-state index contributed by atoms with van der Waals surface area (Å²) in [4.78, 5) is 0. The zero-order valence-electron chi connectivity index (χ0n) is 9.45. The Kier molecular flexibility index (Phi) is 4.12. The molecule has 2 N–H and O–H groups in total. The molecule has 0 heterocycles. The highest BCUT2D eigenvalue weighted by atomic mass is 16.5. The van der Waals surface area contributed by atoms with Crippen LogP contribution in [0.15, 0.2) is 12.1 Å². The van der Waals surface area contributed by atoms with Crippen LogP contribution < -0.4 is 4.74 Å². The highest BCUT2D eigenvalue weighted by Gasteiger charge is 2.08. The molecule has 0 radical (unpaired) electrons. The van der Waals surface area contributed by atoms with E-state index in [1.54, 1.807) is 0 Å². The molecule has 0 saturated carbocycles. The first-order valence-electron chi connectivity index (χ1n) is 5.04. The second-order valence-corrected chi connectivity index (χ2v) is 3.88. The quantitative estimate of drug-likeness (QED) is 0.788. The maximum atomic E-state index is 9.18. The van der Waals surface area contributed by atoms with Crippen molar-refractivity contribution in [2.24, 2.45) is 0 Å². The Balaban J connectivity index is 2.77. The summed E-state index contributed by atoms with van der Waals surface area (Å²) in [6.07, 6.45) is -0.815. The molecule has 1 atom stereocenters. The molecule has 0 aromatic heterocycles. The first kappa shape index (κ1) is 12.0. The van der Waals surface area contributed by atoms with Crippen LogP contribution in [-0.2, 0) is 0 Å².